The number of nitrogens with one attached hydrogen (secondary N) is 2. The fourth-order valence-corrected chi connectivity index (χ4v) is 3.37. The van der Waals surface area contributed by atoms with Crippen LogP contribution < -0.4 is 20.6 Å². The number of hydrogen-bond donors (Lipinski definition) is 3. The summed E-state index contributed by atoms with van der Waals surface area (Å²) in [6, 6.07) is 14.9. The van der Waals surface area contributed by atoms with Crippen LogP contribution in [-0.4, -0.2) is 48.4 Å². The van der Waals surface area contributed by atoms with Gasteiger partial charge in [0.05, 0.1) is 18.5 Å². The molecule has 29 heavy (non-hydrogen) atoms. The summed E-state index contributed by atoms with van der Waals surface area (Å²) < 4.78 is 5.16. The molecule has 1 aliphatic heterocycles. The van der Waals surface area contributed by atoms with E-state index in [9.17, 15) is 9.90 Å². The molecule has 152 valence electrons. The summed E-state index contributed by atoms with van der Waals surface area (Å²) in [5, 5.41) is 13.1. The number of aromatic hydroxyl groups is 1. The molecule has 2 heterocycles. The number of methoxy groups -OCH3 is 1. The summed E-state index contributed by atoms with van der Waals surface area (Å²) in [4.78, 5) is 21.3. The number of H-pyrrole nitrogens is 1. The number of phenols is 1. The van der Waals surface area contributed by atoms with Gasteiger partial charge >= 0.3 is 5.69 Å². The van der Waals surface area contributed by atoms with Crippen molar-refractivity contribution in [3.63, 3.8) is 0 Å². The van der Waals surface area contributed by atoms with Gasteiger partial charge in [0.25, 0.3) is 0 Å². The van der Waals surface area contributed by atoms with Crippen molar-refractivity contribution in [2.45, 2.75) is 0 Å². The Morgan fingerprint density at radius 3 is 2.41 bits per heavy atom. The van der Waals surface area contributed by atoms with Crippen molar-refractivity contribution >= 4 is 18.1 Å². The molecule has 8 heteroatoms. The first-order valence-electron chi connectivity index (χ1n) is 9.19. The van der Waals surface area contributed by atoms with Crippen molar-refractivity contribution in [2.75, 3.05) is 38.2 Å². The maximum absolute atomic E-state index is 12.1. The van der Waals surface area contributed by atoms with Gasteiger partial charge in [-0.2, -0.15) is 4.98 Å². The summed E-state index contributed by atoms with van der Waals surface area (Å²) in [5.41, 5.74) is 3.55. The molecular formula is C21H23ClN4O3. The number of phenolic OH excluding ortho intramolecular Hbond substituents is 1. The fraction of sp³-hybridized carbons (Fsp3) is 0.238. The average Bonchev–Trinajstić information content (AvgIpc) is 2.74. The Kier molecular flexibility index (Phi) is 6.41. The predicted molar refractivity (Wildman–Crippen MR) is 116 cm³/mol. The summed E-state index contributed by atoms with van der Waals surface area (Å²) in [6.45, 7) is 3.93. The summed E-state index contributed by atoms with van der Waals surface area (Å²) in [6.07, 6.45) is 0. The Balaban J connectivity index is 0.00000240. The largest absolute Gasteiger partial charge is 0.504 e. The normalized spacial score (nSPS) is 13.6. The lowest BCUT2D eigenvalue weighted by Crippen LogP contribution is -2.43. The third kappa shape index (κ3) is 4.52. The zero-order valence-electron chi connectivity index (χ0n) is 16.0. The molecule has 0 saturated carbocycles. The lowest BCUT2D eigenvalue weighted by atomic mass is 10.1. The van der Waals surface area contributed by atoms with E-state index in [1.165, 1.54) is 18.9 Å². The molecule has 1 aliphatic rings. The number of benzene rings is 2. The van der Waals surface area contributed by atoms with E-state index in [0.717, 1.165) is 37.3 Å². The Morgan fingerprint density at radius 1 is 1.03 bits per heavy atom. The van der Waals surface area contributed by atoms with Gasteiger partial charge < -0.3 is 25.0 Å². The maximum atomic E-state index is 12.1. The van der Waals surface area contributed by atoms with E-state index in [1.807, 2.05) is 18.2 Å². The van der Waals surface area contributed by atoms with E-state index in [1.54, 1.807) is 12.1 Å². The molecular weight excluding hydrogens is 392 g/mol. The topological polar surface area (TPSA) is 90.5 Å². The molecule has 1 fully saturated rings. The summed E-state index contributed by atoms with van der Waals surface area (Å²) in [7, 11) is 1.49. The van der Waals surface area contributed by atoms with Gasteiger partial charge in [-0.1, -0.05) is 12.1 Å². The highest BCUT2D eigenvalue weighted by molar-refractivity contribution is 5.85. The minimum absolute atomic E-state index is 0. The molecule has 1 aromatic heterocycles. The van der Waals surface area contributed by atoms with Gasteiger partial charge in [-0.15, -0.1) is 12.4 Å². The number of anilines is 1. The number of halogens is 1. The van der Waals surface area contributed by atoms with Crippen LogP contribution in [-0.2, 0) is 0 Å². The number of ether oxygens (including phenoxy) is 1. The Hall–Kier alpha value is -3.03. The van der Waals surface area contributed by atoms with Crippen LogP contribution in [0.25, 0.3) is 22.5 Å². The minimum atomic E-state index is -0.425. The Labute approximate surface area is 174 Å². The molecule has 0 spiro atoms. The van der Waals surface area contributed by atoms with Crippen LogP contribution in [0.15, 0.2) is 53.3 Å². The second-order valence-electron chi connectivity index (χ2n) is 6.66. The average molecular weight is 415 g/mol. The Morgan fingerprint density at radius 2 is 1.72 bits per heavy atom. The van der Waals surface area contributed by atoms with Crippen molar-refractivity contribution in [3.8, 4) is 34.0 Å². The number of piperazine rings is 1. The molecule has 0 bridgehead atoms. The van der Waals surface area contributed by atoms with Gasteiger partial charge in [0.15, 0.2) is 11.5 Å². The first kappa shape index (κ1) is 20.7. The molecule has 0 amide bonds. The number of aromatic amines is 1. The number of aromatic nitrogens is 2. The smallest absolute Gasteiger partial charge is 0.345 e. The molecule has 0 atom stereocenters. The van der Waals surface area contributed by atoms with Gasteiger partial charge in [0.1, 0.15) is 0 Å². The standard InChI is InChI=1S/C21H22N4O3.ClH/c1-28-20-12-15(4-7-19(20)26)18-13-17(23-21(27)24-18)14-2-5-16(6-3-14)25-10-8-22-9-11-25;/h2-7,12-13,22,26H,8-11H2,1H3,(H,23,24,27);1H. The Bertz CT molecular complexity index is 1030. The molecule has 0 aliphatic carbocycles. The molecule has 0 radical (unpaired) electrons. The third-order valence-corrected chi connectivity index (χ3v) is 4.88. The quantitative estimate of drug-likeness (QED) is 0.608. The van der Waals surface area contributed by atoms with E-state index < -0.39 is 5.69 Å². The van der Waals surface area contributed by atoms with Crippen LogP contribution in [0.2, 0.25) is 0 Å². The number of nitrogens with zero attached hydrogens (tertiary/aromatic N) is 2. The van der Waals surface area contributed by atoms with Crippen LogP contribution in [0.3, 0.4) is 0 Å². The van der Waals surface area contributed by atoms with Gasteiger partial charge in [-0.3, -0.25) is 0 Å². The first-order chi connectivity index (χ1) is 13.6. The third-order valence-electron chi connectivity index (χ3n) is 4.88. The summed E-state index contributed by atoms with van der Waals surface area (Å²) >= 11 is 0. The van der Waals surface area contributed by atoms with Crippen molar-refractivity contribution in [1.82, 2.24) is 15.3 Å². The second-order valence-corrected chi connectivity index (χ2v) is 6.66. The first-order valence-corrected chi connectivity index (χ1v) is 9.19. The summed E-state index contributed by atoms with van der Waals surface area (Å²) in [5.74, 6) is 0.392. The molecule has 3 aromatic rings. The zero-order valence-corrected chi connectivity index (χ0v) is 16.8. The second kappa shape index (κ2) is 8.98. The van der Waals surface area contributed by atoms with Crippen LogP contribution >= 0.6 is 12.4 Å². The minimum Gasteiger partial charge on any atom is -0.504 e. The van der Waals surface area contributed by atoms with E-state index in [4.69, 9.17) is 4.74 Å². The monoisotopic (exact) mass is 414 g/mol. The van der Waals surface area contributed by atoms with Gasteiger partial charge in [0, 0.05) is 43.0 Å². The molecule has 4 rings (SSSR count). The van der Waals surface area contributed by atoms with Crippen LogP contribution in [0.5, 0.6) is 11.5 Å². The molecule has 1 saturated heterocycles. The SMILES string of the molecule is COc1cc(-c2cc(-c3ccc(N4CCNCC4)cc3)nc(=O)[nH]2)ccc1O.Cl. The van der Waals surface area contributed by atoms with Gasteiger partial charge in [0.2, 0.25) is 0 Å². The number of hydrogen-bond acceptors (Lipinski definition) is 6. The lowest BCUT2D eigenvalue weighted by Gasteiger charge is -2.29. The van der Waals surface area contributed by atoms with E-state index in [0.29, 0.717) is 17.1 Å². The number of rotatable bonds is 4. The molecule has 7 nitrogen and oxygen atoms in total. The van der Waals surface area contributed by atoms with Crippen molar-refractivity contribution < 1.29 is 9.84 Å². The van der Waals surface area contributed by atoms with Crippen molar-refractivity contribution in [1.29, 1.82) is 0 Å². The lowest BCUT2D eigenvalue weighted by molar-refractivity contribution is 0.373. The highest BCUT2D eigenvalue weighted by atomic mass is 35.5. The van der Waals surface area contributed by atoms with E-state index in [-0.39, 0.29) is 18.2 Å². The van der Waals surface area contributed by atoms with Crippen molar-refractivity contribution in [2.24, 2.45) is 0 Å². The van der Waals surface area contributed by atoms with Crippen LogP contribution in [0.4, 0.5) is 5.69 Å². The zero-order chi connectivity index (χ0) is 19.5. The molecule has 0 unspecified atom stereocenters. The predicted octanol–water partition coefficient (Wildman–Crippen LogP) is 2.65. The van der Waals surface area contributed by atoms with Crippen molar-refractivity contribution in [3.05, 3.63) is 59.0 Å². The molecule has 3 N–H and O–H groups in total. The van der Waals surface area contributed by atoms with Crippen LogP contribution in [0, 0.1) is 0 Å². The highest BCUT2D eigenvalue weighted by Gasteiger charge is 2.12. The highest BCUT2D eigenvalue weighted by Crippen LogP contribution is 2.31. The van der Waals surface area contributed by atoms with Gasteiger partial charge in [-0.25, -0.2) is 4.79 Å². The van der Waals surface area contributed by atoms with E-state index >= 15 is 0 Å². The van der Waals surface area contributed by atoms with Gasteiger partial charge in [-0.05, 0) is 36.4 Å². The van der Waals surface area contributed by atoms with E-state index in [2.05, 4.69) is 32.3 Å². The fourth-order valence-electron chi connectivity index (χ4n) is 3.37. The molecule has 2 aromatic carbocycles. The maximum Gasteiger partial charge on any atom is 0.345 e. The van der Waals surface area contributed by atoms with Crippen LogP contribution in [0.1, 0.15) is 0 Å².